The highest BCUT2D eigenvalue weighted by Gasteiger charge is 2.18. The Morgan fingerprint density at radius 2 is 2.40 bits per heavy atom. The van der Waals surface area contributed by atoms with E-state index in [9.17, 15) is 5.11 Å². The first-order valence-electron chi connectivity index (χ1n) is 5.01. The predicted molar refractivity (Wildman–Crippen MR) is 57.4 cm³/mol. The molecule has 0 bridgehead atoms. The van der Waals surface area contributed by atoms with Gasteiger partial charge < -0.3 is 10.0 Å². The molecule has 1 aromatic heterocycles. The number of rotatable bonds is 1. The van der Waals surface area contributed by atoms with Crippen LogP contribution in [-0.2, 0) is 0 Å². The number of anilines is 1. The summed E-state index contributed by atoms with van der Waals surface area (Å²) in [7, 11) is 0. The molecule has 0 aromatic carbocycles. The van der Waals surface area contributed by atoms with E-state index in [4.69, 9.17) is 6.42 Å². The molecule has 2 rings (SSSR count). The van der Waals surface area contributed by atoms with E-state index in [1.165, 1.54) is 6.33 Å². The minimum atomic E-state index is -0.261. The zero-order chi connectivity index (χ0) is 10.7. The summed E-state index contributed by atoms with van der Waals surface area (Å²) in [5, 5.41) is 9.54. The average Bonchev–Trinajstić information content (AvgIpc) is 2.29. The fraction of sp³-hybridized carbons (Fsp3) is 0.455. The van der Waals surface area contributed by atoms with Crippen molar-refractivity contribution in [2.45, 2.75) is 18.9 Å². The molecular formula is C11H13N3O. The molecule has 1 unspecified atom stereocenters. The molecule has 4 nitrogen and oxygen atoms in total. The maximum atomic E-state index is 9.54. The molecule has 1 fully saturated rings. The van der Waals surface area contributed by atoms with Crippen LogP contribution in [0.5, 0.6) is 0 Å². The van der Waals surface area contributed by atoms with Gasteiger partial charge in [0.1, 0.15) is 17.8 Å². The molecule has 0 aliphatic carbocycles. The smallest absolute Gasteiger partial charge is 0.133 e. The largest absolute Gasteiger partial charge is 0.391 e. The second-order valence-electron chi connectivity index (χ2n) is 3.65. The lowest BCUT2D eigenvalue weighted by Crippen LogP contribution is -2.38. The standard InChI is InChI=1S/C11H13N3O/c1-2-9-6-11(13-8-12-9)14-5-3-4-10(15)7-14/h1,6,8,10,15H,3-5,7H2. The Kier molecular flexibility index (Phi) is 2.84. The molecule has 0 saturated carbocycles. The van der Waals surface area contributed by atoms with E-state index in [-0.39, 0.29) is 6.10 Å². The third kappa shape index (κ3) is 2.25. The van der Waals surface area contributed by atoms with Gasteiger partial charge in [-0.25, -0.2) is 9.97 Å². The van der Waals surface area contributed by atoms with Crippen molar-refractivity contribution < 1.29 is 5.11 Å². The summed E-state index contributed by atoms with van der Waals surface area (Å²) < 4.78 is 0. The van der Waals surface area contributed by atoms with E-state index in [0.29, 0.717) is 12.2 Å². The summed E-state index contributed by atoms with van der Waals surface area (Å²) >= 11 is 0. The topological polar surface area (TPSA) is 49.2 Å². The number of aliphatic hydroxyl groups excluding tert-OH is 1. The summed E-state index contributed by atoms with van der Waals surface area (Å²) in [5.41, 5.74) is 0.583. The zero-order valence-electron chi connectivity index (χ0n) is 8.43. The van der Waals surface area contributed by atoms with Crippen LogP contribution in [0.1, 0.15) is 18.5 Å². The molecular weight excluding hydrogens is 190 g/mol. The number of aromatic nitrogens is 2. The molecule has 1 N–H and O–H groups in total. The Bertz CT molecular complexity index is 386. The molecule has 1 saturated heterocycles. The number of piperidine rings is 1. The summed E-state index contributed by atoms with van der Waals surface area (Å²) in [6.45, 7) is 1.54. The summed E-state index contributed by atoms with van der Waals surface area (Å²) in [6.07, 6.45) is 8.32. The summed E-state index contributed by atoms with van der Waals surface area (Å²) in [6, 6.07) is 1.78. The van der Waals surface area contributed by atoms with Gasteiger partial charge in [0.25, 0.3) is 0 Å². The Balaban J connectivity index is 2.18. The van der Waals surface area contributed by atoms with Gasteiger partial charge in [0.05, 0.1) is 6.10 Å². The van der Waals surface area contributed by atoms with Crippen molar-refractivity contribution in [2.24, 2.45) is 0 Å². The SMILES string of the molecule is C#Cc1cc(N2CCCC(O)C2)ncn1. The monoisotopic (exact) mass is 203 g/mol. The van der Waals surface area contributed by atoms with E-state index in [2.05, 4.69) is 15.9 Å². The van der Waals surface area contributed by atoms with Crippen molar-refractivity contribution in [3.05, 3.63) is 18.1 Å². The molecule has 1 aliphatic heterocycles. The number of hydrogen-bond donors (Lipinski definition) is 1. The molecule has 0 amide bonds. The lowest BCUT2D eigenvalue weighted by molar-refractivity contribution is 0.154. The van der Waals surface area contributed by atoms with E-state index >= 15 is 0 Å². The maximum absolute atomic E-state index is 9.54. The van der Waals surface area contributed by atoms with Gasteiger partial charge in [-0.15, -0.1) is 6.42 Å². The Hall–Kier alpha value is -1.60. The van der Waals surface area contributed by atoms with Gasteiger partial charge >= 0.3 is 0 Å². The number of aliphatic hydroxyl groups is 1. The number of terminal acetylenes is 1. The van der Waals surface area contributed by atoms with Gasteiger partial charge in [-0.05, 0) is 12.8 Å². The molecule has 15 heavy (non-hydrogen) atoms. The molecule has 78 valence electrons. The fourth-order valence-corrected chi connectivity index (χ4v) is 1.76. The van der Waals surface area contributed by atoms with Crippen LogP contribution in [0.2, 0.25) is 0 Å². The van der Waals surface area contributed by atoms with E-state index < -0.39 is 0 Å². The highest BCUT2D eigenvalue weighted by atomic mass is 16.3. The van der Waals surface area contributed by atoms with Crippen LogP contribution in [0, 0.1) is 12.3 Å². The van der Waals surface area contributed by atoms with Gasteiger partial charge in [0.2, 0.25) is 0 Å². The van der Waals surface area contributed by atoms with Crippen LogP contribution in [0.15, 0.2) is 12.4 Å². The lowest BCUT2D eigenvalue weighted by atomic mass is 10.1. The van der Waals surface area contributed by atoms with Crippen molar-refractivity contribution in [3.63, 3.8) is 0 Å². The van der Waals surface area contributed by atoms with E-state index in [1.54, 1.807) is 6.07 Å². The van der Waals surface area contributed by atoms with Gasteiger partial charge in [0, 0.05) is 19.2 Å². The van der Waals surface area contributed by atoms with E-state index in [1.807, 2.05) is 4.90 Å². The predicted octanol–water partition coefficient (Wildman–Crippen LogP) is 0.419. The molecule has 2 heterocycles. The first-order valence-corrected chi connectivity index (χ1v) is 5.01. The van der Waals surface area contributed by atoms with Gasteiger partial charge in [-0.2, -0.15) is 0 Å². The van der Waals surface area contributed by atoms with E-state index in [0.717, 1.165) is 25.2 Å². The number of β-amino-alcohol motifs (C(OH)–C–C–N with tert-alkyl or cyclic N) is 1. The molecule has 1 atom stereocenters. The minimum Gasteiger partial charge on any atom is -0.391 e. The summed E-state index contributed by atoms with van der Waals surface area (Å²) in [4.78, 5) is 10.1. The number of hydrogen-bond acceptors (Lipinski definition) is 4. The molecule has 1 aromatic rings. The van der Waals surface area contributed by atoms with Crippen molar-refractivity contribution in [2.75, 3.05) is 18.0 Å². The van der Waals surface area contributed by atoms with Gasteiger partial charge in [0.15, 0.2) is 0 Å². The maximum Gasteiger partial charge on any atom is 0.133 e. The first kappa shape index (κ1) is 9.94. The zero-order valence-corrected chi connectivity index (χ0v) is 8.43. The van der Waals surface area contributed by atoms with Crippen molar-refractivity contribution in [3.8, 4) is 12.3 Å². The molecule has 0 radical (unpaired) electrons. The Morgan fingerprint density at radius 1 is 1.53 bits per heavy atom. The number of nitrogens with zero attached hydrogens (tertiary/aromatic N) is 3. The fourth-order valence-electron chi connectivity index (χ4n) is 1.76. The Labute approximate surface area is 89.0 Å². The first-order chi connectivity index (χ1) is 7.29. The average molecular weight is 203 g/mol. The van der Waals surface area contributed by atoms with Crippen LogP contribution in [0.25, 0.3) is 0 Å². The third-order valence-corrected chi connectivity index (χ3v) is 2.52. The molecule has 1 aliphatic rings. The Morgan fingerprint density at radius 3 is 3.13 bits per heavy atom. The summed E-state index contributed by atoms with van der Waals surface area (Å²) in [5.74, 6) is 3.28. The highest BCUT2D eigenvalue weighted by Crippen LogP contribution is 2.17. The second kappa shape index (κ2) is 4.28. The van der Waals surface area contributed by atoms with Gasteiger partial charge in [-0.3, -0.25) is 0 Å². The highest BCUT2D eigenvalue weighted by molar-refractivity contribution is 5.43. The lowest BCUT2D eigenvalue weighted by Gasteiger charge is -2.30. The van der Waals surface area contributed by atoms with Crippen molar-refractivity contribution in [1.29, 1.82) is 0 Å². The van der Waals surface area contributed by atoms with Gasteiger partial charge in [-0.1, -0.05) is 5.92 Å². The molecule has 4 heteroatoms. The van der Waals surface area contributed by atoms with Crippen LogP contribution < -0.4 is 4.90 Å². The molecule has 0 spiro atoms. The third-order valence-electron chi connectivity index (χ3n) is 2.52. The van der Waals surface area contributed by atoms with Crippen molar-refractivity contribution in [1.82, 2.24) is 9.97 Å². The minimum absolute atomic E-state index is 0.261. The van der Waals surface area contributed by atoms with Crippen LogP contribution in [0.4, 0.5) is 5.82 Å². The normalized spacial score (nSPS) is 21.1. The second-order valence-corrected chi connectivity index (χ2v) is 3.65. The van der Waals surface area contributed by atoms with Crippen molar-refractivity contribution >= 4 is 5.82 Å². The van der Waals surface area contributed by atoms with Crippen LogP contribution in [0.3, 0.4) is 0 Å². The quantitative estimate of drug-likeness (QED) is 0.672. The van der Waals surface area contributed by atoms with Crippen LogP contribution in [-0.4, -0.2) is 34.3 Å². The van der Waals surface area contributed by atoms with Crippen LogP contribution >= 0.6 is 0 Å².